The van der Waals surface area contributed by atoms with Crippen molar-refractivity contribution in [1.29, 1.82) is 0 Å². The Morgan fingerprint density at radius 1 is 0.851 bits per heavy atom. The van der Waals surface area contributed by atoms with E-state index in [0.29, 0.717) is 5.56 Å². The Morgan fingerprint density at radius 2 is 1.51 bits per heavy atom. The normalized spacial score (nSPS) is 32.5. The summed E-state index contributed by atoms with van der Waals surface area (Å²) in [6.07, 6.45) is 1.13. The fraction of sp³-hybridized carbons (Fsp3) is 0.457. The summed E-state index contributed by atoms with van der Waals surface area (Å²) in [4.78, 5) is 26.6. The minimum absolute atomic E-state index is 0.0979. The molecule has 47 heavy (non-hydrogen) atoms. The summed E-state index contributed by atoms with van der Waals surface area (Å²) in [6, 6.07) is 28.9. The molecule has 12 heteroatoms. The van der Waals surface area contributed by atoms with Gasteiger partial charge in [-0.25, -0.2) is 18.0 Å². The Bertz CT molecular complexity index is 1630. The van der Waals surface area contributed by atoms with E-state index in [-0.39, 0.29) is 30.6 Å². The van der Waals surface area contributed by atoms with Crippen molar-refractivity contribution in [1.82, 2.24) is 5.23 Å². The van der Waals surface area contributed by atoms with Crippen molar-refractivity contribution in [3.8, 4) is 0 Å². The van der Waals surface area contributed by atoms with E-state index >= 15 is 0 Å². The number of hydroxylamine groups is 2. The molecule has 4 fully saturated rings. The summed E-state index contributed by atoms with van der Waals surface area (Å²) in [5.41, 5.74) is 1.35. The van der Waals surface area contributed by atoms with E-state index in [2.05, 4.69) is 37.4 Å². The van der Waals surface area contributed by atoms with Crippen molar-refractivity contribution in [2.75, 3.05) is 6.61 Å². The van der Waals surface area contributed by atoms with Gasteiger partial charge in [0.05, 0.1) is 26.3 Å². The van der Waals surface area contributed by atoms with Gasteiger partial charge in [0.15, 0.2) is 6.29 Å². The molecule has 3 saturated heterocycles. The fourth-order valence-corrected chi connectivity index (χ4v) is 12.3. The van der Waals surface area contributed by atoms with Crippen molar-refractivity contribution in [2.24, 2.45) is 0 Å². The second-order valence-electron chi connectivity index (χ2n) is 13.3. The van der Waals surface area contributed by atoms with Crippen molar-refractivity contribution in [2.45, 2.75) is 93.4 Å². The second-order valence-corrected chi connectivity index (χ2v) is 19.3. The quantitative estimate of drug-likeness (QED) is 0.232. The summed E-state index contributed by atoms with van der Waals surface area (Å²) >= 11 is 0. The van der Waals surface area contributed by atoms with Gasteiger partial charge in [0.1, 0.15) is 24.4 Å². The van der Waals surface area contributed by atoms with Crippen LogP contribution in [0, 0.1) is 0 Å². The Kier molecular flexibility index (Phi) is 9.38. The molecule has 8 atom stereocenters. The zero-order chi connectivity index (χ0) is 32.6. The van der Waals surface area contributed by atoms with Crippen LogP contribution in [0.1, 0.15) is 53.9 Å². The standard InChI is InChI=1S/C35H41NO9SSi/c1-47(2,26-18-10-5-11-19-26)34-32-29(42-35(37)25-16-8-4-9-17-25)22-31(43-36(32)44-33(34)30-23-40-46(38,39)45-30)41-28-21-13-12-20-27(28)24-14-6-3-7-15-24/h3-11,14-19,27-34H,12-13,20-23H2,1-2H3/t27-,28+,29-,30+,31-,32-,33-,34-/m1/s1. The molecule has 0 spiro atoms. The maximum absolute atomic E-state index is 13.6. The number of ether oxygens (including phenoxy) is 2. The zero-order valence-electron chi connectivity index (χ0n) is 26.6. The predicted molar refractivity (Wildman–Crippen MR) is 175 cm³/mol. The van der Waals surface area contributed by atoms with E-state index in [1.165, 1.54) is 10.8 Å². The molecular formula is C35H41NO9SSi. The molecule has 3 heterocycles. The van der Waals surface area contributed by atoms with Gasteiger partial charge in [-0.3, -0.25) is 4.84 Å². The Labute approximate surface area is 277 Å². The van der Waals surface area contributed by atoms with E-state index in [4.69, 9.17) is 27.5 Å². The van der Waals surface area contributed by atoms with Crippen LogP contribution in [0.15, 0.2) is 91.0 Å². The molecule has 0 N–H and O–H groups in total. The Morgan fingerprint density at radius 3 is 2.19 bits per heavy atom. The number of esters is 1. The van der Waals surface area contributed by atoms with Crippen LogP contribution in [0.4, 0.5) is 0 Å². The molecule has 0 aromatic heterocycles. The number of nitrogens with zero attached hydrogens (tertiary/aromatic N) is 1. The summed E-state index contributed by atoms with van der Waals surface area (Å²) in [5.74, 6) is -0.254. The lowest BCUT2D eigenvalue weighted by molar-refractivity contribution is -0.451. The summed E-state index contributed by atoms with van der Waals surface area (Å²) in [6.45, 7) is 4.24. The Hall–Kier alpha value is -2.94. The van der Waals surface area contributed by atoms with Gasteiger partial charge in [-0.15, -0.1) is 0 Å². The second kappa shape index (κ2) is 13.5. The average molecular weight is 680 g/mol. The van der Waals surface area contributed by atoms with E-state index in [9.17, 15) is 13.2 Å². The molecule has 250 valence electrons. The van der Waals surface area contributed by atoms with Crippen LogP contribution in [0.3, 0.4) is 0 Å². The molecule has 3 aromatic carbocycles. The monoisotopic (exact) mass is 679 g/mol. The molecule has 0 unspecified atom stereocenters. The predicted octanol–water partition coefficient (Wildman–Crippen LogP) is 5.25. The third kappa shape index (κ3) is 6.83. The maximum Gasteiger partial charge on any atom is 0.400 e. The number of carbonyl (C=O) groups is 1. The highest BCUT2D eigenvalue weighted by atomic mass is 32.3. The van der Waals surface area contributed by atoms with Crippen LogP contribution in [0.25, 0.3) is 0 Å². The molecule has 3 aliphatic heterocycles. The van der Waals surface area contributed by atoms with Crippen molar-refractivity contribution >= 4 is 29.6 Å². The first-order valence-corrected chi connectivity index (χ1v) is 20.8. The molecule has 1 aliphatic carbocycles. The lowest BCUT2D eigenvalue weighted by Crippen LogP contribution is -2.59. The van der Waals surface area contributed by atoms with E-state index in [0.717, 1.165) is 30.9 Å². The fourth-order valence-electron chi connectivity index (χ4n) is 7.75. The molecular weight excluding hydrogens is 639 g/mol. The van der Waals surface area contributed by atoms with Gasteiger partial charge in [-0.2, -0.15) is 8.42 Å². The van der Waals surface area contributed by atoms with Crippen LogP contribution in [0.2, 0.25) is 18.6 Å². The lowest BCUT2D eigenvalue weighted by atomic mass is 9.81. The minimum Gasteiger partial charge on any atom is -0.457 e. The van der Waals surface area contributed by atoms with Gasteiger partial charge in [0, 0.05) is 17.9 Å². The number of carbonyl (C=O) groups excluding carboxylic acids is 1. The molecule has 0 bridgehead atoms. The van der Waals surface area contributed by atoms with E-state index in [1.807, 2.05) is 42.5 Å². The highest BCUT2D eigenvalue weighted by molar-refractivity contribution is 7.82. The highest BCUT2D eigenvalue weighted by Gasteiger charge is 2.62. The molecule has 0 amide bonds. The molecule has 7 rings (SSSR count). The largest absolute Gasteiger partial charge is 0.457 e. The van der Waals surface area contributed by atoms with Gasteiger partial charge in [-0.05, 0) is 30.5 Å². The number of hydrogen-bond acceptors (Lipinski definition) is 10. The first-order valence-electron chi connectivity index (χ1n) is 16.4. The first-order chi connectivity index (χ1) is 22.7. The van der Waals surface area contributed by atoms with Crippen LogP contribution in [-0.4, -0.2) is 71.0 Å². The minimum atomic E-state index is -4.16. The third-order valence-corrected chi connectivity index (χ3v) is 15.1. The highest BCUT2D eigenvalue weighted by Crippen LogP contribution is 2.49. The van der Waals surface area contributed by atoms with Gasteiger partial charge in [-0.1, -0.05) is 115 Å². The van der Waals surface area contributed by atoms with Gasteiger partial charge in [0.25, 0.3) is 0 Å². The van der Waals surface area contributed by atoms with Crippen molar-refractivity contribution in [3.63, 3.8) is 0 Å². The third-order valence-electron chi connectivity index (χ3n) is 10.1. The number of benzene rings is 3. The first kappa shape index (κ1) is 32.6. The topological polar surface area (TPSA) is 110 Å². The van der Waals surface area contributed by atoms with Gasteiger partial charge < -0.3 is 9.47 Å². The summed E-state index contributed by atoms with van der Waals surface area (Å²) < 4.78 is 48.2. The molecule has 3 aromatic rings. The van der Waals surface area contributed by atoms with Crippen LogP contribution < -0.4 is 5.19 Å². The molecule has 1 saturated carbocycles. The zero-order valence-corrected chi connectivity index (χ0v) is 28.4. The molecule has 4 aliphatic rings. The van der Waals surface area contributed by atoms with Crippen LogP contribution in [-0.2, 0) is 37.9 Å². The Balaban J connectivity index is 1.23. The van der Waals surface area contributed by atoms with Crippen LogP contribution >= 0.6 is 0 Å². The van der Waals surface area contributed by atoms with Gasteiger partial charge >= 0.3 is 16.4 Å². The average Bonchev–Trinajstić information content (AvgIpc) is 3.66. The van der Waals surface area contributed by atoms with Gasteiger partial charge in [0.2, 0.25) is 0 Å². The summed E-state index contributed by atoms with van der Waals surface area (Å²) in [7, 11) is -6.70. The van der Waals surface area contributed by atoms with E-state index in [1.54, 1.807) is 24.3 Å². The van der Waals surface area contributed by atoms with E-state index < -0.39 is 55.1 Å². The van der Waals surface area contributed by atoms with Crippen molar-refractivity contribution < 1.29 is 40.7 Å². The lowest BCUT2D eigenvalue weighted by Gasteiger charge is -2.44. The summed E-state index contributed by atoms with van der Waals surface area (Å²) in [5, 5.41) is 2.56. The van der Waals surface area contributed by atoms with Crippen LogP contribution in [0.5, 0.6) is 0 Å². The molecule has 0 radical (unpaired) electrons. The number of hydrogen-bond donors (Lipinski definition) is 0. The number of fused-ring (bicyclic) bond motifs is 1. The number of rotatable bonds is 8. The van der Waals surface area contributed by atoms with Crippen molar-refractivity contribution in [3.05, 3.63) is 102 Å². The smallest absolute Gasteiger partial charge is 0.400 e. The SMILES string of the molecule is C[Si](C)(c1ccccc1)[C@H]1[C@@H]([C@@H]2COS(=O)(=O)O2)ON2O[C@@H](O[C@H]3CCCC[C@@H]3c3ccccc3)C[C@@H](OC(=O)c3ccccc3)[C@H]12. The molecule has 10 nitrogen and oxygen atoms in total. The maximum atomic E-state index is 13.6.